The number of nitro benzene ring substituents is 1. The monoisotopic (exact) mass is 416 g/mol. The van der Waals surface area contributed by atoms with Gasteiger partial charge in [0.1, 0.15) is 0 Å². The van der Waals surface area contributed by atoms with Gasteiger partial charge in [0.25, 0.3) is 11.6 Å². The molecule has 0 atom stereocenters. The first-order valence-electron chi connectivity index (χ1n) is 9.24. The van der Waals surface area contributed by atoms with Crippen molar-refractivity contribution in [3.63, 3.8) is 0 Å². The minimum absolute atomic E-state index is 0.0278. The van der Waals surface area contributed by atoms with E-state index in [0.29, 0.717) is 42.5 Å². The summed E-state index contributed by atoms with van der Waals surface area (Å²) in [6.07, 6.45) is 0.761. The van der Waals surface area contributed by atoms with Gasteiger partial charge in [-0.2, -0.15) is 0 Å². The zero-order valence-corrected chi connectivity index (χ0v) is 16.5. The molecule has 2 aromatic carbocycles. The Bertz CT molecular complexity index is 904. The van der Waals surface area contributed by atoms with Crippen LogP contribution in [0.25, 0.3) is 0 Å². The Morgan fingerprint density at radius 3 is 2.52 bits per heavy atom. The van der Waals surface area contributed by atoms with Gasteiger partial charge in [0.05, 0.1) is 11.5 Å². The maximum atomic E-state index is 12.7. The van der Waals surface area contributed by atoms with E-state index >= 15 is 0 Å². The summed E-state index contributed by atoms with van der Waals surface area (Å²) < 4.78 is 0. The molecule has 0 aliphatic carbocycles. The molecule has 0 unspecified atom stereocenters. The number of nitro groups is 1. The summed E-state index contributed by atoms with van der Waals surface area (Å²) in [5, 5.41) is 14.0. The maximum Gasteiger partial charge on any atom is 0.269 e. The van der Waals surface area contributed by atoms with Gasteiger partial charge in [-0.3, -0.25) is 24.6 Å². The molecule has 0 radical (unpaired) electrons. The van der Waals surface area contributed by atoms with Crippen LogP contribution in [-0.2, 0) is 4.79 Å². The van der Waals surface area contributed by atoms with Gasteiger partial charge in [0.2, 0.25) is 5.91 Å². The van der Waals surface area contributed by atoms with Crippen LogP contribution in [0.15, 0.2) is 48.5 Å². The summed E-state index contributed by atoms with van der Waals surface area (Å²) >= 11 is 5.97. The van der Waals surface area contributed by atoms with Crippen LogP contribution in [0.4, 0.5) is 11.4 Å². The summed E-state index contributed by atoms with van der Waals surface area (Å²) in [5.74, 6) is -0.266. The third-order valence-electron chi connectivity index (χ3n) is 4.68. The summed E-state index contributed by atoms with van der Waals surface area (Å²) in [7, 11) is 0. The first-order chi connectivity index (χ1) is 13.9. The predicted molar refractivity (Wildman–Crippen MR) is 110 cm³/mol. The molecule has 2 aromatic rings. The van der Waals surface area contributed by atoms with E-state index in [4.69, 9.17) is 11.6 Å². The molecule has 8 nitrogen and oxygen atoms in total. The van der Waals surface area contributed by atoms with Crippen molar-refractivity contribution in [3.8, 4) is 0 Å². The van der Waals surface area contributed by atoms with Crippen LogP contribution in [0, 0.1) is 10.1 Å². The highest BCUT2D eigenvalue weighted by molar-refractivity contribution is 6.30. The van der Waals surface area contributed by atoms with Crippen molar-refractivity contribution < 1.29 is 14.5 Å². The molecule has 1 aliphatic heterocycles. The lowest BCUT2D eigenvalue weighted by molar-refractivity contribution is -0.384. The second-order valence-corrected chi connectivity index (χ2v) is 7.22. The number of carbonyl (C=O) groups excluding carboxylic acids is 2. The molecule has 0 bridgehead atoms. The van der Waals surface area contributed by atoms with Crippen LogP contribution < -0.4 is 5.32 Å². The number of halogens is 1. The van der Waals surface area contributed by atoms with Crippen LogP contribution in [0.1, 0.15) is 16.8 Å². The number of amides is 2. The summed E-state index contributed by atoms with van der Waals surface area (Å²) in [6, 6.07) is 12.6. The molecular weight excluding hydrogens is 396 g/mol. The zero-order chi connectivity index (χ0) is 20.8. The minimum Gasteiger partial charge on any atom is -0.337 e. The highest BCUT2D eigenvalue weighted by Crippen LogP contribution is 2.16. The Kier molecular flexibility index (Phi) is 6.79. The standard InChI is InChI=1S/C20H21ClN4O4/c21-16-4-1-3-15(13-16)20(27)24-10-2-9-23(11-12-24)14-19(26)22-17-5-7-18(8-6-17)25(28)29/h1,3-8,13H,2,9-12,14H2,(H,22,26). The maximum absolute atomic E-state index is 12.7. The van der Waals surface area contributed by atoms with Gasteiger partial charge in [0.15, 0.2) is 0 Å². The lowest BCUT2D eigenvalue weighted by atomic mass is 10.2. The second-order valence-electron chi connectivity index (χ2n) is 6.78. The smallest absolute Gasteiger partial charge is 0.269 e. The van der Waals surface area contributed by atoms with Gasteiger partial charge in [0, 0.05) is 54.6 Å². The van der Waals surface area contributed by atoms with Gasteiger partial charge < -0.3 is 10.2 Å². The number of hydrogen-bond acceptors (Lipinski definition) is 5. The highest BCUT2D eigenvalue weighted by Gasteiger charge is 2.21. The van der Waals surface area contributed by atoms with E-state index in [-0.39, 0.29) is 24.0 Å². The molecule has 0 aromatic heterocycles. The number of nitrogens with zero attached hydrogens (tertiary/aromatic N) is 3. The molecule has 2 amide bonds. The van der Waals surface area contributed by atoms with Crippen LogP contribution in [-0.4, -0.2) is 59.3 Å². The molecule has 1 saturated heterocycles. The molecule has 0 saturated carbocycles. The fourth-order valence-corrected chi connectivity index (χ4v) is 3.40. The molecule has 1 N–H and O–H groups in total. The van der Waals surface area contributed by atoms with E-state index in [1.807, 2.05) is 4.90 Å². The van der Waals surface area contributed by atoms with E-state index in [0.717, 1.165) is 6.42 Å². The SMILES string of the molecule is O=C(CN1CCCN(C(=O)c2cccc(Cl)c2)CC1)Nc1ccc([N+](=O)[O-])cc1. The van der Waals surface area contributed by atoms with E-state index in [2.05, 4.69) is 5.32 Å². The molecule has 9 heteroatoms. The average molecular weight is 417 g/mol. The molecule has 1 fully saturated rings. The van der Waals surface area contributed by atoms with Crippen molar-refractivity contribution in [1.29, 1.82) is 0 Å². The van der Waals surface area contributed by atoms with E-state index in [1.54, 1.807) is 29.2 Å². The Morgan fingerprint density at radius 2 is 1.83 bits per heavy atom. The Hall–Kier alpha value is -2.97. The quantitative estimate of drug-likeness (QED) is 0.597. The second kappa shape index (κ2) is 9.49. The Labute approximate surface area is 173 Å². The topological polar surface area (TPSA) is 95.8 Å². The Balaban J connectivity index is 1.52. The molecule has 29 heavy (non-hydrogen) atoms. The molecule has 1 aliphatic rings. The van der Waals surface area contributed by atoms with Gasteiger partial charge in [-0.25, -0.2) is 0 Å². The van der Waals surface area contributed by atoms with Crippen molar-refractivity contribution in [2.75, 3.05) is 38.0 Å². The summed E-state index contributed by atoms with van der Waals surface area (Å²) in [6.45, 7) is 2.62. The normalized spacial score (nSPS) is 14.9. The van der Waals surface area contributed by atoms with Crippen LogP contribution in [0.3, 0.4) is 0 Å². The molecule has 1 heterocycles. The molecule has 0 spiro atoms. The fraction of sp³-hybridized carbons (Fsp3) is 0.300. The molecule has 152 valence electrons. The Morgan fingerprint density at radius 1 is 1.07 bits per heavy atom. The summed E-state index contributed by atoms with van der Waals surface area (Å²) in [5.41, 5.74) is 1.04. The van der Waals surface area contributed by atoms with Crippen molar-refractivity contribution in [2.24, 2.45) is 0 Å². The van der Waals surface area contributed by atoms with E-state index in [9.17, 15) is 19.7 Å². The minimum atomic E-state index is -0.487. The van der Waals surface area contributed by atoms with Crippen molar-refractivity contribution in [3.05, 3.63) is 69.2 Å². The fourth-order valence-electron chi connectivity index (χ4n) is 3.21. The molecule has 3 rings (SSSR count). The largest absolute Gasteiger partial charge is 0.337 e. The molecular formula is C20H21ClN4O4. The van der Waals surface area contributed by atoms with Crippen LogP contribution >= 0.6 is 11.6 Å². The third kappa shape index (κ3) is 5.75. The lowest BCUT2D eigenvalue weighted by Crippen LogP contribution is -2.38. The lowest BCUT2D eigenvalue weighted by Gasteiger charge is -2.22. The van der Waals surface area contributed by atoms with Crippen LogP contribution in [0.5, 0.6) is 0 Å². The van der Waals surface area contributed by atoms with Crippen LogP contribution in [0.2, 0.25) is 5.02 Å². The number of rotatable bonds is 5. The van der Waals surface area contributed by atoms with E-state index in [1.165, 1.54) is 24.3 Å². The van der Waals surface area contributed by atoms with E-state index < -0.39 is 4.92 Å². The summed E-state index contributed by atoms with van der Waals surface area (Å²) in [4.78, 5) is 38.9. The first-order valence-corrected chi connectivity index (χ1v) is 9.61. The van der Waals surface area contributed by atoms with Gasteiger partial charge in [-0.15, -0.1) is 0 Å². The number of non-ortho nitro benzene ring substituents is 1. The van der Waals surface area contributed by atoms with Crippen molar-refractivity contribution in [2.45, 2.75) is 6.42 Å². The first kappa shape index (κ1) is 20.8. The van der Waals surface area contributed by atoms with Gasteiger partial charge in [-0.1, -0.05) is 17.7 Å². The highest BCUT2D eigenvalue weighted by atomic mass is 35.5. The number of benzene rings is 2. The third-order valence-corrected chi connectivity index (χ3v) is 4.91. The average Bonchev–Trinajstić information content (AvgIpc) is 2.93. The number of hydrogen-bond donors (Lipinski definition) is 1. The van der Waals surface area contributed by atoms with Crippen molar-refractivity contribution in [1.82, 2.24) is 9.80 Å². The number of nitrogens with one attached hydrogen (secondary N) is 1. The predicted octanol–water partition coefficient (Wildman–Crippen LogP) is 3.03. The van der Waals surface area contributed by atoms with Gasteiger partial charge >= 0.3 is 0 Å². The number of carbonyl (C=O) groups is 2. The van der Waals surface area contributed by atoms with Crippen molar-refractivity contribution >= 4 is 34.8 Å². The zero-order valence-electron chi connectivity index (χ0n) is 15.7. The van der Waals surface area contributed by atoms with Gasteiger partial charge in [-0.05, 0) is 36.8 Å². The number of anilines is 1.